The highest BCUT2D eigenvalue weighted by atomic mass is 15.1. The Balaban J connectivity index is 0.000000412. The van der Waals surface area contributed by atoms with Crippen LogP contribution in [0.25, 0.3) is 0 Å². The van der Waals surface area contributed by atoms with Gasteiger partial charge in [-0.05, 0) is 87.4 Å². The molecular weight excluding hydrogens is 472 g/mol. The van der Waals surface area contributed by atoms with E-state index in [0.29, 0.717) is 0 Å². The Kier molecular flexibility index (Phi) is 14.0. The Morgan fingerprint density at radius 1 is 0.487 bits per heavy atom. The van der Waals surface area contributed by atoms with Gasteiger partial charge < -0.3 is 9.80 Å². The fraction of sp³-hybridized carbons (Fsp3) is 0.243. The van der Waals surface area contributed by atoms with Crippen molar-refractivity contribution in [3.05, 3.63) is 139 Å². The molecule has 2 nitrogen and oxygen atoms in total. The molecule has 4 aromatic carbocycles. The first-order valence-electron chi connectivity index (χ1n) is 14.2. The lowest BCUT2D eigenvalue weighted by molar-refractivity contribution is 1.12. The average Bonchev–Trinajstić information content (AvgIpc) is 3.02. The number of aryl methyl sites for hydroxylation is 1. The quantitative estimate of drug-likeness (QED) is 0.242. The third-order valence-electron chi connectivity index (χ3n) is 6.15. The molecule has 1 aliphatic rings. The SMILES string of the molecule is CC.CC.CC1=CCC=CC1.Cc1ccc(N(C)c2ccc(N(c3ccccc3)c3ccccc3)cc2)cc1. The third kappa shape index (κ3) is 9.65. The van der Waals surface area contributed by atoms with Crippen molar-refractivity contribution in [2.24, 2.45) is 0 Å². The number of nitrogens with zero attached hydrogens (tertiary/aromatic N) is 2. The third-order valence-corrected chi connectivity index (χ3v) is 6.15. The van der Waals surface area contributed by atoms with Gasteiger partial charge in [-0.1, -0.05) is 106 Å². The van der Waals surface area contributed by atoms with E-state index in [1.54, 1.807) is 0 Å². The summed E-state index contributed by atoms with van der Waals surface area (Å²) in [6, 6.07) is 38.3. The van der Waals surface area contributed by atoms with Crippen LogP contribution in [0.15, 0.2) is 133 Å². The van der Waals surface area contributed by atoms with Gasteiger partial charge in [0.15, 0.2) is 0 Å². The molecule has 0 aromatic heterocycles. The van der Waals surface area contributed by atoms with E-state index < -0.39 is 0 Å². The highest BCUT2D eigenvalue weighted by Crippen LogP contribution is 2.35. The molecular formula is C37H46N2. The van der Waals surface area contributed by atoms with Gasteiger partial charge in [0.05, 0.1) is 0 Å². The summed E-state index contributed by atoms with van der Waals surface area (Å²) in [6.07, 6.45) is 8.99. The number of benzene rings is 4. The van der Waals surface area contributed by atoms with E-state index in [1.807, 2.05) is 39.8 Å². The molecule has 0 atom stereocenters. The van der Waals surface area contributed by atoms with Crippen LogP contribution in [0.4, 0.5) is 28.4 Å². The van der Waals surface area contributed by atoms with Gasteiger partial charge in [0.2, 0.25) is 0 Å². The molecule has 0 bridgehead atoms. The smallest absolute Gasteiger partial charge is 0.0463 e. The van der Waals surface area contributed by atoms with Gasteiger partial charge in [0, 0.05) is 35.5 Å². The van der Waals surface area contributed by atoms with Crippen LogP contribution >= 0.6 is 0 Å². The van der Waals surface area contributed by atoms with Crippen molar-refractivity contribution in [3.8, 4) is 0 Å². The van der Waals surface area contributed by atoms with Crippen molar-refractivity contribution in [2.75, 3.05) is 16.8 Å². The molecule has 39 heavy (non-hydrogen) atoms. The first-order chi connectivity index (χ1) is 19.1. The van der Waals surface area contributed by atoms with Crippen LogP contribution in [0.5, 0.6) is 0 Å². The van der Waals surface area contributed by atoms with Gasteiger partial charge in [0.1, 0.15) is 0 Å². The molecule has 0 aliphatic heterocycles. The first-order valence-corrected chi connectivity index (χ1v) is 14.2. The number of hydrogen-bond acceptors (Lipinski definition) is 2. The Hall–Kier alpha value is -4.04. The van der Waals surface area contributed by atoms with Crippen LogP contribution in [-0.2, 0) is 0 Å². The van der Waals surface area contributed by atoms with Crippen LogP contribution in [0.1, 0.15) is 53.0 Å². The van der Waals surface area contributed by atoms with E-state index in [1.165, 1.54) is 23.2 Å². The molecule has 0 saturated carbocycles. The highest BCUT2D eigenvalue weighted by molar-refractivity contribution is 5.77. The van der Waals surface area contributed by atoms with E-state index >= 15 is 0 Å². The zero-order chi connectivity index (χ0) is 28.5. The number of rotatable bonds is 5. The highest BCUT2D eigenvalue weighted by Gasteiger charge is 2.12. The minimum absolute atomic E-state index is 1.14. The van der Waals surface area contributed by atoms with Gasteiger partial charge >= 0.3 is 0 Å². The van der Waals surface area contributed by atoms with Crippen molar-refractivity contribution in [1.82, 2.24) is 0 Å². The van der Waals surface area contributed by atoms with E-state index in [-0.39, 0.29) is 0 Å². The molecule has 0 N–H and O–H groups in total. The lowest BCUT2D eigenvalue weighted by Gasteiger charge is -2.26. The minimum Gasteiger partial charge on any atom is -0.345 e. The number of anilines is 5. The van der Waals surface area contributed by atoms with E-state index in [0.717, 1.165) is 29.2 Å². The Morgan fingerprint density at radius 2 is 0.897 bits per heavy atom. The standard InChI is InChI=1S/C26H24N2.C7H10.2C2H6/c1-21-13-15-22(16-14-21)27(2)23-17-19-26(20-18-23)28(24-9-5-3-6-10-24)25-11-7-4-8-12-25;1-7-5-3-2-4-6-7;2*1-2/h3-20H,1-2H3;2-3,6H,4-5H2,1H3;2*1-2H3. The molecule has 204 valence electrons. The molecule has 0 fully saturated rings. The molecule has 0 amide bonds. The summed E-state index contributed by atoms with van der Waals surface area (Å²) in [5, 5.41) is 0. The van der Waals surface area contributed by atoms with Crippen molar-refractivity contribution >= 4 is 28.4 Å². The monoisotopic (exact) mass is 518 g/mol. The molecule has 0 radical (unpaired) electrons. The molecule has 4 aromatic rings. The topological polar surface area (TPSA) is 6.48 Å². The molecule has 0 spiro atoms. The molecule has 1 aliphatic carbocycles. The first kappa shape index (κ1) is 31.2. The second-order valence-electron chi connectivity index (χ2n) is 8.88. The fourth-order valence-electron chi connectivity index (χ4n) is 4.06. The predicted octanol–water partition coefficient (Wildman–Crippen LogP) is 11.6. The lowest BCUT2D eigenvalue weighted by Crippen LogP contribution is -2.11. The second kappa shape index (κ2) is 17.5. The number of para-hydroxylation sites is 2. The lowest BCUT2D eigenvalue weighted by atomic mass is 10.1. The van der Waals surface area contributed by atoms with E-state index in [4.69, 9.17) is 0 Å². The summed E-state index contributed by atoms with van der Waals surface area (Å²) in [6.45, 7) is 12.3. The largest absolute Gasteiger partial charge is 0.345 e. The zero-order valence-corrected chi connectivity index (χ0v) is 24.9. The maximum Gasteiger partial charge on any atom is 0.0463 e. The summed E-state index contributed by atoms with van der Waals surface area (Å²) < 4.78 is 0. The van der Waals surface area contributed by atoms with Crippen molar-refractivity contribution in [1.29, 1.82) is 0 Å². The van der Waals surface area contributed by atoms with E-state index in [2.05, 4.69) is 146 Å². The van der Waals surface area contributed by atoms with Gasteiger partial charge in [-0.2, -0.15) is 0 Å². The molecule has 5 rings (SSSR count). The number of allylic oxidation sites excluding steroid dienone is 4. The van der Waals surface area contributed by atoms with Crippen LogP contribution in [0.3, 0.4) is 0 Å². The summed E-state index contributed by atoms with van der Waals surface area (Å²) in [4.78, 5) is 4.48. The van der Waals surface area contributed by atoms with Gasteiger partial charge in [-0.15, -0.1) is 0 Å². The van der Waals surface area contributed by atoms with Gasteiger partial charge in [-0.3, -0.25) is 0 Å². The Morgan fingerprint density at radius 3 is 1.28 bits per heavy atom. The zero-order valence-electron chi connectivity index (χ0n) is 24.9. The normalized spacial score (nSPS) is 11.3. The van der Waals surface area contributed by atoms with Gasteiger partial charge in [-0.25, -0.2) is 0 Å². The number of hydrogen-bond donors (Lipinski definition) is 0. The van der Waals surface area contributed by atoms with Crippen LogP contribution in [0, 0.1) is 6.92 Å². The van der Waals surface area contributed by atoms with Crippen LogP contribution < -0.4 is 9.80 Å². The van der Waals surface area contributed by atoms with Crippen LogP contribution in [-0.4, -0.2) is 7.05 Å². The molecule has 2 heteroatoms. The Labute approximate surface area is 237 Å². The van der Waals surface area contributed by atoms with Crippen molar-refractivity contribution in [3.63, 3.8) is 0 Å². The molecule has 0 saturated heterocycles. The van der Waals surface area contributed by atoms with E-state index in [9.17, 15) is 0 Å². The maximum absolute atomic E-state index is 2.27. The maximum atomic E-state index is 2.27. The molecule has 0 unspecified atom stereocenters. The average molecular weight is 519 g/mol. The Bertz CT molecular complexity index is 1200. The summed E-state index contributed by atoms with van der Waals surface area (Å²) in [7, 11) is 2.10. The summed E-state index contributed by atoms with van der Waals surface area (Å²) in [5.74, 6) is 0. The summed E-state index contributed by atoms with van der Waals surface area (Å²) in [5.41, 5.74) is 8.55. The predicted molar refractivity (Wildman–Crippen MR) is 175 cm³/mol. The summed E-state index contributed by atoms with van der Waals surface area (Å²) >= 11 is 0. The van der Waals surface area contributed by atoms with Crippen LogP contribution in [0.2, 0.25) is 0 Å². The van der Waals surface area contributed by atoms with Crippen molar-refractivity contribution < 1.29 is 0 Å². The minimum atomic E-state index is 1.14. The van der Waals surface area contributed by atoms with Crippen molar-refractivity contribution in [2.45, 2.75) is 54.4 Å². The van der Waals surface area contributed by atoms with Gasteiger partial charge in [0.25, 0.3) is 0 Å². The second-order valence-corrected chi connectivity index (χ2v) is 8.88. The fourth-order valence-corrected chi connectivity index (χ4v) is 4.06. The molecule has 0 heterocycles.